The standard InChI is InChI=1S/C44H44N2/c1-29-9-17-39(18-10-29)45(40-19-11-30(2)12-20-40)43-33(5)25-37(26-34(43)6)38-27-35(7)44(36(8)28-38)46(41-21-13-31(3)14-22-41)42-23-15-32(4)16-24-42/h9-28H,1-8H3. The van der Waals surface area contributed by atoms with Crippen molar-refractivity contribution in [3.05, 3.63) is 166 Å². The lowest BCUT2D eigenvalue weighted by Gasteiger charge is -2.30. The Morgan fingerprint density at radius 1 is 0.283 bits per heavy atom. The maximum atomic E-state index is 2.40. The largest absolute Gasteiger partial charge is 0.310 e. The van der Waals surface area contributed by atoms with Crippen molar-refractivity contribution < 1.29 is 0 Å². The average Bonchev–Trinajstić information content (AvgIpc) is 3.03. The molecular formula is C44H44N2. The van der Waals surface area contributed by atoms with E-state index < -0.39 is 0 Å². The van der Waals surface area contributed by atoms with E-state index in [1.807, 2.05) is 0 Å². The number of nitrogens with zero attached hydrogens (tertiary/aromatic N) is 2. The molecular weight excluding hydrogens is 556 g/mol. The van der Waals surface area contributed by atoms with Crippen LogP contribution in [0.1, 0.15) is 44.5 Å². The van der Waals surface area contributed by atoms with E-state index >= 15 is 0 Å². The zero-order valence-electron chi connectivity index (χ0n) is 28.4. The quantitative estimate of drug-likeness (QED) is 0.180. The third-order valence-corrected chi connectivity index (χ3v) is 8.93. The number of benzene rings is 6. The second kappa shape index (κ2) is 12.7. The molecule has 0 aliphatic rings. The average molecular weight is 601 g/mol. The summed E-state index contributed by atoms with van der Waals surface area (Å²) in [5.74, 6) is 0. The fourth-order valence-electron chi connectivity index (χ4n) is 6.54. The van der Waals surface area contributed by atoms with E-state index in [0.717, 1.165) is 22.7 Å². The molecule has 0 amide bonds. The lowest BCUT2D eigenvalue weighted by molar-refractivity contribution is 1.20. The number of hydrogen-bond acceptors (Lipinski definition) is 2. The number of hydrogen-bond donors (Lipinski definition) is 0. The van der Waals surface area contributed by atoms with Crippen LogP contribution in [-0.2, 0) is 0 Å². The van der Waals surface area contributed by atoms with Gasteiger partial charge in [-0.3, -0.25) is 0 Å². The minimum atomic E-state index is 1.16. The first-order chi connectivity index (χ1) is 22.1. The molecule has 0 atom stereocenters. The SMILES string of the molecule is Cc1ccc(N(c2ccc(C)cc2)c2c(C)cc(-c3cc(C)c(N(c4ccc(C)cc4)c4ccc(C)cc4)c(C)c3)cc2C)cc1. The Hall–Kier alpha value is -5.08. The van der Waals surface area contributed by atoms with Crippen LogP contribution in [0, 0.1) is 55.4 Å². The van der Waals surface area contributed by atoms with Gasteiger partial charge in [-0.1, -0.05) is 70.8 Å². The van der Waals surface area contributed by atoms with Crippen molar-refractivity contribution in [3.8, 4) is 11.1 Å². The van der Waals surface area contributed by atoms with Gasteiger partial charge in [-0.05, 0) is 162 Å². The molecule has 0 aliphatic carbocycles. The monoisotopic (exact) mass is 600 g/mol. The Morgan fingerprint density at radius 2 is 0.478 bits per heavy atom. The van der Waals surface area contributed by atoms with Crippen LogP contribution in [0.2, 0.25) is 0 Å². The van der Waals surface area contributed by atoms with Crippen molar-refractivity contribution in [2.75, 3.05) is 9.80 Å². The first-order valence-electron chi connectivity index (χ1n) is 16.2. The highest BCUT2D eigenvalue weighted by Crippen LogP contribution is 2.43. The molecule has 0 N–H and O–H groups in total. The highest BCUT2D eigenvalue weighted by atomic mass is 15.2. The third kappa shape index (κ3) is 6.21. The summed E-state index contributed by atoms with van der Waals surface area (Å²) in [5.41, 5.74) is 19.6. The Kier molecular flexibility index (Phi) is 8.56. The lowest BCUT2D eigenvalue weighted by Crippen LogP contribution is -2.13. The first kappa shape index (κ1) is 30.9. The molecule has 2 nitrogen and oxygen atoms in total. The molecule has 0 unspecified atom stereocenters. The Bertz CT molecular complexity index is 1700. The van der Waals surface area contributed by atoms with Crippen LogP contribution in [0.15, 0.2) is 121 Å². The summed E-state index contributed by atoms with van der Waals surface area (Å²) >= 11 is 0. The molecule has 0 saturated heterocycles. The number of anilines is 6. The molecule has 0 spiro atoms. The smallest absolute Gasteiger partial charge is 0.0520 e. The van der Waals surface area contributed by atoms with Gasteiger partial charge in [0.25, 0.3) is 0 Å². The predicted octanol–water partition coefficient (Wildman–Crippen LogP) is 12.8. The molecule has 0 saturated carbocycles. The molecule has 46 heavy (non-hydrogen) atoms. The molecule has 230 valence electrons. The van der Waals surface area contributed by atoms with Crippen molar-refractivity contribution >= 4 is 34.1 Å². The molecule has 0 aliphatic heterocycles. The van der Waals surface area contributed by atoms with Crippen LogP contribution >= 0.6 is 0 Å². The second-order valence-electron chi connectivity index (χ2n) is 12.9. The normalized spacial score (nSPS) is 11.0. The van der Waals surface area contributed by atoms with E-state index in [0.29, 0.717) is 0 Å². The predicted molar refractivity (Wildman–Crippen MR) is 199 cm³/mol. The maximum absolute atomic E-state index is 2.40. The van der Waals surface area contributed by atoms with E-state index in [1.54, 1.807) is 0 Å². The summed E-state index contributed by atoms with van der Waals surface area (Å²) in [6.07, 6.45) is 0. The summed E-state index contributed by atoms with van der Waals surface area (Å²) in [6, 6.07) is 44.7. The van der Waals surface area contributed by atoms with E-state index in [1.165, 1.54) is 67.0 Å². The molecule has 6 rings (SSSR count). The van der Waals surface area contributed by atoms with Gasteiger partial charge in [0, 0.05) is 22.7 Å². The van der Waals surface area contributed by atoms with Crippen molar-refractivity contribution in [2.24, 2.45) is 0 Å². The van der Waals surface area contributed by atoms with Gasteiger partial charge in [0.2, 0.25) is 0 Å². The summed E-state index contributed by atoms with van der Waals surface area (Å²) in [5, 5.41) is 0. The molecule has 0 bridgehead atoms. The van der Waals surface area contributed by atoms with Gasteiger partial charge in [0.15, 0.2) is 0 Å². The summed E-state index contributed by atoms with van der Waals surface area (Å²) in [6.45, 7) is 17.5. The first-order valence-corrected chi connectivity index (χ1v) is 16.2. The van der Waals surface area contributed by atoms with Crippen LogP contribution in [-0.4, -0.2) is 0 Å². The van der Waals surface area contributed by atoms with Crippen molar-refractivity contribution in [3.63, 3.8) is 0 Å². The maximum Gasteiger partial charge on any atom is 0.0520 e. The third-order valence-electron chi connectivity index (χ3n) is 8.93. The topological polar surface area (TPSA) is 6.48 Å². The van der Waals surface area contributed by atoms with Gasteiger partial charge in [-0.2, -0.15) is 0 Å². The van der Waals surface area contributed by atoms with Gasteiger partial charge < -0.3 is 9.80 Å². The van der Waals surface area contributed by atoms with E-state index in [9.17, 15) is 0 Å². The molecule has 0 fully saturated rings. The van der Waals surface area contributed by atoms with Gasteiger partial charge in [-0.25, -0.2) is 0 Å². The van der Waals surface area contributed by atoms with Crippen LogP contribution < -0.4 is 9.80 Å². The summed E-state index contributed by atoms with van der Waals surface area (Å²) in [4.78, 5) is 4.79. The highest BCUT2D eigenvalue weighted by Gasteiger charge is 2.21. The minimum absolute atomic E-state index is 1.16. The Labute approximate surface area is 275 Å². The molecule has 6 aromatic rings. The van der Waals surface area contributed by atoms with Gasteiger partial charge in [-0.15, -0.1) is 0 Å². The van der Waals surface area contributed by atoms with Gasteiger partial charge in [0.1, 0.15) is 0 Å². The van der Waals surface area contributed by atoms with E-state index in [-0.39, 0.29) is 0 Å². The fourth-order valence-corrected chi connectivity index (χ4v) is 6.54. The van der Waals surface area contributed by atoms with Gasteiger partial charge >= 0.3 is 0 Å². The van der Waals surface area contributed by atoms with E-state index in [2.05, 4.69) is 187 Å². The molecule has 0 heterocycles. The van der Waals surface area contributed by atoms with E-state index in [4.69, 9.17) is 0 Å². The zero-order valence-corrected chi connectivity index (χ0v) is 28.4. The van der Waals surface area contributed by atoms with Crippen LogP contribution in [0.25, 0.3) is 11.1 Å². The van der Waals surface area contributed by atoms with Crippen LogP contribution in [0.3, 0.4) is 0 Å². The zero-order chi connectivity index (χ0) is 32.5. The van der Waals surface area contributed by atoms with Crippen molar-refractivity contribution in [1.29, 1.82) is 0 Å². The summed E-state index contributed by atoms with van der Waals surface area (Å²) < 4.78 is 0. The molecule has 6 aromatic carbocycles. The van der Waals surface area contributed by atoms with Crippen molar-refractivity contribution in [1.82, 2.24) is 0 Å². The molecule has 0 aromatic heterocycles. The number of aryl methyl sites for hydroxylation is 8. The number of rotatable bonds is 7. The second-order valence-corrected chi connectivity index (χ2v) is 12.9. The molecule has 2 heteroatoms. The molecule has 0 radical (unpaired) electrons. The summed E-state index contributed by atoms with van der Waals surface area (Å²) in [7, 11) is 0. The lowest BCUT2D eigenvalue weighted by atomic mass is 9.94. The highest BCUT2D eigenvalue weighted by molar-refractivity contribution is 5.86. The van der Waals surface area contributed by atoms with Crippen LogP contribution in [0.5, 0.6) is 0 Å². The Balaban J connectivity index is 1.44. The van der Waals surface area contributed by atoms with Crippen molar-refractivity contribution in [2.45, 2.75) is 55.4 Å². The van der Waals surface area contributed by atoms with Gasteiger partial charge in [0.05, 0.1) is 11.4 Å². The van der Waals surface area contributed by atoms with Crippen LogP contribution in [0.4, 0.5) is 34.1 Å². The minimum Gasteiger partial charge on any atom is -0.310 e. The Morgan fingerprint density at radius 3 is 0.674 bits per heavy atom. The fraction of sp³-hybridized carbons (Fsp3) is 0.182.